The van der Waals surface area contributed by atoms with E-state index in [0.29, 0.717) is 29.0 Å². The molecule has 110 valence electrons. The Balaban J connectivity index is 2.31. The van der Waals surface area contributed by atoms with E-state index >= 15 is 0 Å². The fourth-order valence-electron chi connectivity index (χ4n) is 2.39. The maximum absolute atomic E-state index is 12.8. The van der Waals surface area contributed by atoms with Crippen LogP contribution >= 0.6 is 0 Å². The van der Waals surface area contributed by atoms with E-state index < -0.39 is 0 Å². The number of carbonyl (C=O) groups is 1. The van der Waals surface area contributed by atoms with E-state index in [1.165, 1.54) is 0 Å². The van der Waals surface area contributed by atoms with Gasteiger partial charge in [-0.15, -0.1) is 0 Å². The summed E-state index contributed by atoms with van der Waals surface area (Å²) in [6.45, 7) is 5.04. The lowest BCUT2D eigenvalue weighted by molar-refractivity contribution is 0.0718. The molecule has 0 heterocycles. The Morgan fingerprint density at radius 2 is 2.00 bits per heavy atom. The molecule has 1 amide bonds. The van der Waals surface area contributed by atoms with Gasteiger partial charge < -0.3 is 14.4 Å². The van der Waals surface area contributed by atoms with Gasteiger partial charge in [-0.2, -0.15) is 0 Å². The van der Waals surface area contributed by atoms with Crippen molar-refractivity contribution in [2.24, 2.45) is 5.92 Å². The van der Waals surface area contributed by atoms with Crippen LogP contribution in [0.15, 0.2) is 18.2 Å². The number of rotatable bonds is 6. The molecule has 0 spiro atoms. The van der Waals surface area contributed by atoms with Gasteiger partial charge >= 0.3 is 0 Å². The first kappa shape index (κ1) is 14.7. The van der Waals surface area contributed by atoms with Crippen molar-refractivity contribution < 1.29 is 14.3 Å². The van der Waals surface area contributed by atoms with Gasteiger partial charge in [-0.3, -0.25) is 4.79 Å². The van der Waals surface area contributed by atoms with Crippen molar-refractivity contribution in [1.82, 2.24) is 4.90 Å². The average molecular weight is 277 g/mol. The first-order chi connectivity index (χ1) is 9.58. The number of nitrogens with zero attached hydrogens (tertiary/aromatic N) is 1. The van der Waals surface area contributed by atoms with Crippen LogP contribution in [0.5, 0.6) is 11.5 Å². The molecular formula is C16H23NO3. The Hall–Kier alpha value is -1.71. The van der Waals surface area contributed by atoms with E-state index in [-0.39, 0.29) is 5.91 Å². The Kier molecular flexibility index (Phi) is 4.53. The van der Waals surface area contributed by atoms with E-state index in [1.807, 2.05) is 11.0 Å². The highest BCUT2D eigenvalue weighted by atomic mass is 16.5. The highest BCUT2D eigenvalue weighted by Gasteiger charge is 2.34. The van der Waals surface area contributed by atoms with Crippen LogP contribution in [0.2, 0.25) is 0 Å². The second-order valence-electron chi connectivity index (χ2n) is 5.62. The number of ether oxygens (including phenoxy) is 2. The lowest BCUT2D eigenvalue weighted by Gasteiger charge is -2.25. The summed E-state index contributed by atoms with van der Waals surface area (Å²) in [5.74, 6) is 1.61. The molecule has 0 aromatic heterocycles. The van der Waals surface area contributed by atoms with Gasteiger partial charge in [-0.05, 0) is 30.9 Å². The van der Waals surface area contributed by atoms with Gasteiger partial charge in [0.05, 0.1) is 19.8 Å². The maximum atomic E-state index is 12.8. The molecular weight excluding hydrogens is 254 g/mol. The second-order valence-corrected chi connectivity index (χ2v) is 5.62. The standard InChI is InChI=1S/C16H23NO3/c1-11(2)10-17(12-8-9-12)16(18)13-6-5-7-14(19-3)15(13)20-4/h5-7,11-12H,8-10H2,1-4H3. The monoisotopic (exact) mass is 277 g/mol. The molecule has 0 atom stereocenters. The predicted octanol–water partition coefficient (Wildman–Crippen LogP) is 2.96. The summed E-state index contributed by atoms with van der Waals surface area (Å²) in [6.07, 6.45) is 2.20. The summed E-state index contributed by atoms with van der Waals surface area (Å²) in [5.41, 5.74) is 0.583. The first-order valence-corrected chi connectivity index (χ1v) is 7.10. The van der Waals surface area contributed by atoms with Gasteiger partial charge in [0.2, 0.25) is 0 Å². The fraction of sp³-hybridized carbons (Fsp3) is 0.562. The van der Waals surface area contributed by atoms with E-state index in [1.54, 1.807) is 26.4 Å². The van der Waals surface area contributed by atoms with Gasteiger partial charge in [-0.1, -0.05) is 19.9 Å². The van der Waals surface area contributed by atoms with Crippen LogP contribution < -0.4 is 9.47 Å². The number of benzene rings is 1. The van der Waals surface area contributed by atoms with Gasteiger partial charge in [-0.25, -0.2) is 0 Å². The average Bonchev–Trinajstić information content (AvgIpc) is 3.27. The Morgan fingerprint density at radius 1 is 1.30 bits per heavy atom. The molecule has 1 aliphatic carbocycles. The number of para-hydroxylation sites is 1. The molecule has 1 aromatic carbocycles. The molecule has 20 heavy (non-hydrogen) atoms. The summed E-state index contributed by atoms with van der Waals surface area (Å²) in [7, 11) is 3.15. The quantitative estimate of drug-likeness (QED) is 0.802. The molecule has 1 fully saturated rings. The Labute approximate surface area is 120 Å². The van der Waals surface area contributed by atoms with Gasteiger partial charge in [0.1, 0.15) is 0 Å². The van der Waals surface area contributed by atoms with Crippen LogP contribution in [-0.4, -0.2) is 37.6 Å². The minimum absolute atomic E-state index is 0.0388. The zero-order valence-electron chi connectivity index (χ0n) is 12.7. The van der Waals surface area contributed by atoms with Crippen molar-refractivity contribution in [3.05, 3.63) is 23.8 Å². The van der Waals surface area contributed by atoms with Crippen LogP contribution in [0.3, 0.4) is 0 Å². The minimum Gasteiger partial charge on any atom is -0.493 e. The third-order valence-corrected chi connectivity index (χ3v) is 3.44. The van der Waals surface area contributed by atoms with Crippen LogP contribution in [0.1, 0.15) is 37.0 Å². The molecule has 2 rings (SSSR count). The Bertz CT molecular complexity index is 481. The molecule has 0 aliphatic heterocycles. The van der Waals surface area contributed by atoms with Crippen LogP contribution in [-0.2, 0) is 0 Å². The first-order valence-electron chi connectivity index (χ1n) is 7.10. The number of hydrogen-bond acceptors (Lipinski definition) is 3. The SMILES string of the molecule is COc1cccc(C(=O)N(CC(C)C)C2CC2)c1OC. The van der Waals surface area contributed by atoms with E-state index in [9.17, 15) is 4.79 Å². The largest absolute Gasteiger partial charge is 0.493 e. The van der Waals surface area contributed by atoms with Crippen molar-refractivity contribution in [3.8, 4) is 11.5 Å². The summed E-state index contributed by atoms with van der Waals surface area (Å²) >= 11 is 0. The van der Waals surface area contributed by atoms with E-state index in [2.05, 4.69) is 13.8 Å². The normalized spacial score (nSPS) is 14.2. The van der Waals surface area contributed by atoms with E-state index in [4.69, 9.17) is 9.47 Å². The number of amides is 1. The topological polar surface area (TPSA) is 38.8 Å². The summed E-state index contributed by atoms with van der Waals surface area (Å²) < 4.78 is 10.6. The number of carbonyl (C=O) groups excluding carboxylic acids is 1. The van der Waals surface area contributed by atoms with Gasteiger partial charge in [0, 0.05) is 12.6 Å². The molecule has 1 aromatic rings. The van der Waals surface area contributed by atoms with Crippen molar-refractivity contribution in [2.45, 2.75) is 32.7 Å². The second kappa shape index (κ2) is 6.16. The van der Waals surface area contributed by atoms with Crippen LogP contribution in [0.25, 0.3) is 0 Å². The maximum Gasteiger partial charge on any atom is 0.258 e. The zero-order valence-corrected chi connectivity index (χ0v) is 12.7. The molecule has 4 heteroatoms. The Morgan fingerprint density at radius 3 is 2.50 bits per heavy atom. The number of hydrogen-bond donors (Lipinski definition) is 0. The smallest absolute Gasteiger partial charge is 0.258 e. The molecule has 0 unspecified atom stereocenters. The van der Waals surface area contributed by atoms with Gasteiger partial charge in [0.25, 0.3) is 5.91 Å². The molecule has 4 nitrogen and oxygen atoms in total. The lowest BCUT2D eigenvalue weighted by Crippen LogP contribution is -2.36. The molecule has 0 bridgehead atoms. The molecule has 0 N–H and O–H groups in total. The molecule has 1 saturated carbocycles. The van der Waals surface area contributed by atoms with Crippen LogP contribution in [0.4, 0.5) is 0 Å². The predicted molar refractivity (Wildman–Crippen MR) is 78.4 cm³/mol. The molecule has 0 saturated heterocycles. The van der Waals surface area contributed by atoms with Crippen molar-refractivity contribution >= 4 is 5.91 Å². The number of methoxy groups -OCH3 is 2. The lowest BCUT2D eigenvalue weighted by atomic mass is 10.1. The van der Waals surface area contributed by atoms with E-state index in [0.717, 1.165) is 19.4 Å². The minimum atomic E-state index is 0.0388. The highest BCUT2D eigenvalue weighted by molar-refractivity contribution is 5.98. The molecule has 1 aliphatic rings. The van der Waals surface area contributed by atoms with Crippen molar-refractivity contribution in [1.29, 1.82) is 0 Å². The fourth-order valence-corrected chi connectivity index (χ4v) is 2.39. The summed E-state index contributed by atoms with van der Waals surface area (Å²) in [6, 6.07) is 5.83. The van der Waals surface area contributed by atoms with Crippen molar-refractivity contribution in [3.63, 3.8) is 0 Å². The van der Waals surface area contributed by atoms with Gasteiger partial charge in [0.15, 0.2) is 11.5 Å². The molecule has 0 radical (unpaired) electrons. The highest BCUT2D eigenvalue weighted by Crippen LogP contribution is 2.35. The van der Waals surface area contributed by atoms with Crippen LogP contribution in [0, 0.1) is 5.92 Å². The van der Waals surface area contributed by atoms with Crippen molar-refractivity contribution in [2.75, 3.05) is 20.8 Å². The summed E-state index contributed by atoms with van der Waals surface area (Å²) in [5, 5.41) is 0. The summed E-state index contributed by atoms with van der Waals surface area (Å²) in [4.78, 5) is 14.8. The zero-order chi connectivity index (χ0) is 14.7. The third-order valence-electron chi connectivity index (χ3n) is 3.44. The third kappa shape index (κ3) is 3.06.